The first kappa shape index (κ1) is 15.0. The van der Waals surface area contributed by atoms with Gasteiger partial charge in [0.05, 0.1) is 6.61 Å². The third-order valence-corrected chi connectivity index (χ3v) is 6.53. The zero-order valence-electron chi connectivity index (χ0n) is 11.8. The standard InChI is InChI=1S/C14H20N2O3S2/c15-12-6-11-2-1-4-19-14(11)13(7-12)21(17,18)16-8-10-3-5-20-9-10/h6-7,10,16H,1-5,8-9,15H2. The maximum atomic E-state index is 12.6. The Morgan fingerprint density at radius 2 is 2.29 bits per heavy atom. The molecule has 2 aliphatic rings. The number of thioether (sulfide) groups is 1. The summed E-state index contributed by atoms with van der Waals surface area (Å²) in [5, 5.41) is 0. The molecule has 21 heavy (non-hydrogen) atoms. The number of fused-ring (bicyclic) bond motifs is 1. The van der Waals surface area contributed by atoms with Crippen LogP contribution in [-0.2, 0) is 16.4 Å². The summed E-state index contributed by atoms with van der Waals surface area (Å²) in [6.45, 7) is 1.04. The van der Waals surface area contributed by atoms with E-state index in [1.165, 1.54) is 6.07 Å². The van der Waals surface area contributed by atoms with E-state index < -0.39 is 10.0 Å². The van der Waals surface area contributed by atoms with E-state index in [1.807, 2.05) is 11.8 Å². The lowest BCUT2D eigenvalue weighted by Gasteiger charge is -2.21. The van der Waals surface area contributed by atoms with Gasteiger partial charge in [-0.05, 0) is 54.4 Å². The monoisotopic (exact) mass is 328 g/mol. The zero-order valence-corrected chi connectivity index (χ0v) is 13.4. The Bertz CT molecular complexity index is 625. The Balaban J connectivity index is 1.85. The lowest BCUT2D eigenvalue weighted by Crippen LogP contribution is -2.30. The van der Waals surface area contributed by atoms with Gasteiger partial charge in [-0.1, -0.05) is 0 Å². The SMILES string of the molecule is Nc1cc2c(c(S(=O)(=O)NCC3CCSC3)c1)OCCC2. The second-order valence-electron chi connectivity index (χ2n) is 5.54. The highest BCUT2D eigenvalue weighted by Gasteiger charge is 2.26. The van der Waals surface area contributed by atoms with Crippen molar-refractivity contribution in [2.45, 2.75) is 24.2 Å². The first-order chi connectivity index (χ1) is 10.1. The van der Waals surface area contributed by atoms with E-state index in [0.717, 1.165) is 36.3 Å². The summed E-state index contributed by atoms with van der Waals surface area (Å²) in [7, 11) is -3.58. The lowest BCUT2D eigenvalue weighted by molar-refractivity contribution is 0.280. The van der Waals surface area contributed by atoms with Crippen LogP contribution in [0.15, 0.2) is 17.0 Å². The van der Waals surface area contributed by atoms with Crippen LogP contribution in [0.2, 0.25) is 0 Å². The topological polar surface area (TPSA) is 81.4 Å². The fourth-order valence-electron chi connectivity index (χ4n) is 2.72. The third-order valence-electron chi connectivity index (χ3n) is 3.87. The summed E-state index contributed by atoms with van der Waals surface area (Å²) in [6.07, 6.45) is 2.77. The fraction of sp³-hybridized carbons (Fsp3) is 0.571. The number of nitrogens with one attached hydrogen (secondary N) is 1. The molecule has 0 aromatic heterocycles. The van der Waals surface area contributed by atoms with Crippen molar-refractivity contribution in [3.8, 4) is 5.75 Å². The molecule has 116 valence electrons. The van der Waals surface area contributed by atoms with Gasteiger partial charge in [-0.3, -0.25) is 0 Å². The van der Waals surface area contributed by atoms with Crippen LogP contribution < -0.4 is 15.2 Å². The van der Waals surface area contributed by atoms with Gasteiger partial charge in [-0.15, -0.1) is 0 Å². The Morgan fingerprint density at radius 1 is 1.43 bits per heavy atom. The van der Waals surface area contributed by atoms with Crippen molar-refractivity contribution in [2.75, 3.05) is 30.4 Å². The number of hydrogen-bond acceptors (Lipinski definition) is 5. The maximum Gasteiger partial charge on any atom is 0.244 e. The van der Waals surface area contributed by atoms with Crippen LogP contribution in [0.4, 0.5) is 5.69 Å². The molecule has 0 bridgehead atoms. The first-order valence-electron chi connectivity index (χ1n) is 7.19. The van der Waals surface area contributed by atoms with Gasteiger partial charge in [0.15, 0.2) is 0 Å². The molecule has 5 nitrogen and oxygen atoms in total. The fourth-order valence-corrected chi connectivity index (χ4v) is 5.34. The predicted molar refractivity (Wildman–Crippen MR) is 85.3 cm³/mol. The molecule has 0 amide bonds. The molecule has 1 aromatic carbocycles. The first-order valence-corrected chi connectivity index (χ1v) is 9.82. The predicted octanol–water partition coefficient (Wildman–Crippen LogP) is 1.63. The highest BCUT2D eigenvalue weighted by Crippen LogP contribution is 2.34. The van der Waals surface area contributed by atoms with Crippen LogP contribution in [-0.4, -0.2) is 33.1 Å². The number of anilines is 1. The number of nitrogens with two attached hydrogens (primary N) is 1. The molecule has 1 fully saturated rings. The molecular weight excluding hydrogens is 308 g/mol. The molecule has 0 spiro atoms. The Morgan fingerprint density at radius 3 is 3.05 bits per heavy atom. The number of nitrogen functional groups attached to an aromatic ring is 1. The number of aryl methyl sites for hydroxylation is 1. The second-order valence-corrected chi connectivity index (χ2v) is 8.43. The molecule has 3 rings (SSSR count). The van der Waals surface area contributed by atoms with E-state index >= 15 is 0 Å². The van der Waals surface area contributed by atoms with Crippen molar-refractivity contribution in [1.82, 2.24) is 4.72 Å². The molecule has 0 saturated carbocycles. The van der Waals surface area contributed by atoms with E-state index in [0.29, 0.717) is 30.5 Å². The van der Waals surface area contributed by atoms with Crippen molar-refractivity contribution in [3.05, 3.63) is 17.7 Å². The van der Waals surface area contributed by atoms with Crippen molar-refractivity contribution >= 4 is 27.5 Å². The summed E-state index contributed by atoms with van der Waals surface area (Å²) >= 11 is 1.87. The van der Waals surface area contributed by atoms with E-state index in [9.17, 15) is 8.42 Å². The smallest absolute Gasteiger partial charge is 0.244 e. The average molecular weight is 328 g/mol. The van der Waals surface area contributed by atoms with Crippen molar-refractivity contribution < 1.29 is 13.2 Å². The van der Waals surface area contributed by atoms with Crippen LogP contribution in [0, 0.1) is 5.92 Å². The number of benzene rings is 1. The molecular formula is C14H20N2O3S2. The van der Waals surface area contributed by atoms with Crippen molar-refractivity contribution in [3.63, 3.8) is 0 Å². The Kier molecular flexibility index (Phi) is 4.33. The molecule has 0 aliphatic carbocycles. The summed E-state index contributed by atoms with van der Waals surface area (Å²) < 4.78 is 33.4. The number of rotatable bonds is 4. The van der Waals surface area contributed by atoms with E-state index in [4.69, 9.17) is 10.5 Å². The van der Waals surface area contributed by atoms with Crippen LogP contribution in [0.1, 0.15) is 18.4 Å². The minimum absolute atomic E-state index is 0.183. The van der Waals surface area contributed by atoms with Gasteiger partial charge in [0, 0.05) is 12.2 Å². The number of sulfonamides is 1. The third kappa shape index (κ3) is 3.30. The maximum absolute atomic E-state index is 12.6. The van der Waals surface area contributed by atoms with Gasteiger partial charge >= 0.3 is 0 Å². The summed E-state index contributed by atoms with van der Waals surface area (Å²) in [5.74, 6) is 3.03. The van der Waals surface area contributed by atoms with E-state index in [1.54, 1.807) is 6.07 Å². The molecule has 3 N–H and O–H groups in total. The molecule has 7 heteroatoms. The number of hydrogen-bond donors (Lipinski definition) is 2. The zero-order chi connectivity index (χ0) is 14.9. The molecule has 2 aliphatic heterocycles. The molecule has 2 heterocycles. The van der Waals surface area contributed by atoms with E-state index in [2.05, 4.69) is 4.72 Å². The average Bonchev–Trinajstić information content (AvgIpc) is 2.97. The minimum Gasteiger partial charge on any atom is -0.492 e. The molecule has 1 atom stereocenters. The summed E-state index contributed by atoms with van der Waals surface area (Å²) in [6, 6.07) is 3.30. The Hall–Kier alpha value is -0.920. The number of ether oxygens (including phenoxy) is 1. The highest BCUT2D eigenvalue weighted by atomic mass is 32.2. The van der Waals surface area contributed by atoms with Gasteiger partial charge in [0.1, 0.15) is 10.6 Å². The molecule has 1 saturated heterocycles. The van der Waals surface area contributed by atoms with Gasteiger partial charge < -0.3 is 10.5 Å². The highest BCUT2D eigenvalue weighted by molar-refractivity contribution is 7.99. The molecule has 1 aromatic rings. The van der Waals surface area contributed by atoms with Crippen LogP contribution in [0.25, 0.3) is 0 Å². The van der Waals surface area contributed by atoms with E-state index in [-0.39, 0.29) is 4.90 Å². The van der Waals surface area contributed by atoms with Crippen LogP contribution in [0.3, 0.4) is 0 Å². The largest absolute Gasteiger partial charge is 0.492 e. The van der Waals surface area contributed by atoms with Gasteiger partial charge in [-0.2, -0.15) is 11.8 Å². The minimum atomic E-state index is -3.58. The van der Waals surface area contributed by atoms with Crippen LogP contribution >= 0.6 is 11.8 Å². The van der Waals surface area contributed by atoms with Crippen LogP contribution in [0.5, 0.6) is 5.75 Å². The van der Waals surface area contributed by atoms with Gasteiger partial charge in [0.25, 0.3) is 0 Å². The van der Waals surface area contributed by atoms with Gasteiger partial charge in [-0.25, -0.2) is 13.1 Å². The quantitative estimate of drug-likeness (QED) is 0.821. The normalized spacial score (nSPS) is 21.8. The van der Waals surface area contributed by atoms with Gasteiger partial charge in [0.2, 0.25) is 10.0 Å². The summed E-state index contributed by atoms with van der Waals surface area (Å²) in [4.78, 5) is 0.183. The molecule has 1 unspecified atom stereocenters. The van der Waals surface area contributed by atoms with Crippen molar-refractivity contribution in [1.29, 1.82) is 0 Å². The summed E-state index contributed by atoms with van der Waals surface area (Å²) in [5.41, 5.74) is 7.20. The Labute approximate surface area is 129 Å². The second kappa shape index (κ2) is 6.06. The lowest BCUT2D eigenvalue weighted by atomic mass is 10.1. The van der Waals surface area contributed by atoms with Crippen molar-refractivity contribution in [2.24, 2.45) is 5.92 Å². The molecule has 0 radical (unpaired) electrons.